The molecule has 3 heterocycles. The van der Waals surface area contributed by atoms with Crippen LogP contribution in [0.4, 0.5) is 0 Å². The average molecular weight is 492 g/mol. The van der Waals surface area contributed by atoms with E-state index in [2.05, 4.69) is 26.6 Å². The van der Waals surface area contributed by atoms with E-state index in [4.69, 9.17) is 13.9 Å². The number of halogens is 1. The molecule has 7 nitrogen and oxygen atoms in total. The van der Waals surface area contributed by atoms with Gasteiger partial charge in [-0.15, -0.1) is 24.0 Å². The SMILES string of the molecule is CN=C(NCCCOC1CCOC1)NCC(c1ccco1)N1CCCC1.I. The van der Waals surface area contributed by atoms with Gasteiger partial charge in [-0.2, -0.15) is 0 Å². The second-order valence-corrected chi connectivity index (χ2v) is 6.86. The van der Waals surface area contributed by atoms with E-state index in [-0.39, 0.29) is 36.1 Å². The zero-order valence-electron chi connectivity index (χ0n) is 16.2. The molecule has 0 aliphatic carbocycles. The van der Waals surface area contributed by atoms with Gasteiger partial charge in [0.2, 0.25) is 0 Å². The summed E-state index contributed by atoms with van der Waals surface area (Å²) in [5.74, 6) is 1.84. The van der Waals surface area contributed by atoms with E-state index in [1.807, 2.05) is 6.07 Å². The Bertz CT molecular complexity index is 529. The van der Waals surface area contributed by atoms with Gasteiger partial charge in [0.1, 0.15) is 5.76 Å². The Hall–Kier alpha value is -0.840. The van der Waals surface area contributed by atoms with Crippen molar-refractivity contribution in [1.82, 2.24) is 15.5 Å². The standard InChI is InChI=1S/C19H32N4O3.HI/c1-20-19(21-8-5-12-25-16-7-13-24-15-16)22-14-17(18-6-4-11-26-18)23-9-2-3-10-23;/h4,6,11,16-17H,2-3,5,7-10,12-15H2,1H3,(H2,20,21,22);1H. The molecule has 2 saturated heterocycles. The van der Waals surface area contributed by atoms with Gasteiger partial charge in [-0.1, -0.05) is 0 Å². The number of hydrogen-bond donors (Lipinski definition) is 2. The first-order valence-corrected chi connectivity index (χ1v) is 9.78. The summed E-state index contributed by atoms with van der Waals surface area (Å²) < 4.78 is 16.8. The Morgan fingerprint density at radius 1 is 1.37 bits per heavy atom. The minimum Gasteiger partial charge on any atom is -0.468 e. The molecule has 0 radical (unpaired) electrons. The average Bonchev–Trinajstić information content (AvgIpc) is 3.43. The maximum atomic E-state index is 5.79. The molecule has 8 heteroatoms. The van der Waals surface area contributed by atoms with Crippen molar-refractivity contribution >= 4 is 29.9 Å². The highest BCUT2D eigenvalue weighted by atomic mass is 127. The van der Waals surface area contributed by atoms with Gasteiger partial charge in [-0.25, -0.2) is 0 Å². The third kappa shape index (κ3) is 7.24. The number of guanidine groups is 1. The van der Waals surface area contributed by atoms with Crippen molar-refractivity contribution in [2.24, 2.45) is 4.99 Å². The summed E-state index contributed by atoms with van der Waals surface area (Å²) in [7, 11) is 1.81. The van der Waals surface area contributed by atoms with Crippen molar-refractivity contribution in [1.29, 1.82) is 0 Å². The maximum absolute atomic E-state index is 5.79. The minimum atomic E-state index is 0. The lowest BCUT2D eigenvalue weighted by Gasteiger charge is -2.26. The number of ether oxygens (including phenoxy) is 2. The van der Waals surface area contributed by atoms with Gasteiger partial charge in [-0.3, -0.25) is 9.89 Å². The van der Waals surface area contributed by atoms with Gasteiger partial charge in [0.15, 0.2) is 5.96 Å². The summed E-state index contributed by atoms with van der Waals surface area (Å²) in [6.07, 6.45) is 6.52. The lowest BCUT2D eigenvalue weighted by Crippen LogP contribution is -2.43. The first kappa shape index (κ1) is 22.4. The number of hydrogen-bond acceptors (Lipinski definition) is 5. The van der Waals surface area contributed by atoms with Gasteiger partial charge < -0.3 is 24.5 Å². The molecule has 27 heavy (non-hydrogen) atoms. The smallest absolute Gasteiger partial charge is 0.191 e. The van der Waals surface area contributed by atoms with Gasteiger partial charge in [0, 0.05) is 33.4 Å². The van der Waals surface area contributed by atoms with Crippen molar-refractivity contribution in [2.45, 2.75) is 37.8 Å². The first-order chi connectivity index (χ1) is 12.9. The van der Waals surface area contributed by atoms with Crippen molar-refractivity contribution in [2.75, 3.05) is 53.0 Å². The fourth-order valence-electron chi connectivity index (χ4n) is 3.53. The van der Waals surface area contributed by atoms with Gasteiger partial charge >= 0.3 is 0 Å². The van der Waals surface area contributed by atoms with Crippen LogP contribution in [-0.2, 0) is 9.47 Å². The van der Waals surface area contributed by atoms with Crippen molar-refractivity contribution in [3.8, 4) is 0 Å². The molecular formula is C19H33IN4O3. The van der Waals surface area contributed by atoms with Gasteiger partial charge in [-0.05, 0) is 50.9 Å². The number of rotatable bonds is 9. The van der Waals surface area contributed by atoms with Crippen molar-refractivity contribution < 1.29 is 13.9 Å². The summed E-state index contributed by atoms with van der Waals surface area (Å²) in [6, 6.07) is 4.27. The molecule has 2 aliphatic rings. The molecule has 1 aromatic rings. The number of furan rings is 1. The second-order valence-electron chi connectivity index (χ2n) is 6.86. The lowest BCUT2D eigenvalue weighted by molar-refractivity contribution is 0.0420. The second kappa shape index (κ2) is 12.6. The summed E-state index contributed by atoms with van der Waals surface area (Å²) in [6.45, 7) is 6.18. The van der Waals surface area contributed by atoms with Crippen molar-refractivity contribution in [3.63, 3.8) is 0 Å². The van der Waals surface area contributed by atoms with Crippen LogP contribution in [0, 0.1) is 0 Å². The highest BCUT2D eigenvalue weighted by molar-refractivity contribution is 14.0. The predicted octanol–water partition coefficient (Wildman–Crippen LogP) is 2.40. The molecule has 0 aromatic carbocycles. The molecule has 2 fully saturated rings. The molecule has 0 spiro atoms. The molecule has 0 bridgehead atoms. The van der Waals surface area contributed by atoms with E-state index < -0.39 is 0 Å². The van der Waals surface area contributed by atoms with Gasteiger partial charge in [0.05, 0.1) is 25.0 Å². The lowest BCUT2D eigenvalue weighted by atomic mass is 10.2. The third-order valence-electron chi connectivity index (χ3n) is 4.99. The molecule has 2 N–H and O–H groups in total. The zero-order valence-corrected chi connectivity index (χ0v) is 18.5. The number of nitrogens with zero attached hydrogens (tertiary/aromatic N) is 2. The van der Waals surface area contributed by atoms with Crippen LogP contribution in [0.25, 0.3) is 0 Å². The monoisotopic (exact) mass is 492 g/mol. The number of likely N-dealkylation sites (tertiary alicyclic amines) is 1. The van der Waals surface area contributed by atoms with Crippen LogP contribution in [-0.4, -0.2) is 70.0 Å². The summed E-state index contributed by atoms with van der Waals surface area (Å²) in [5.41, 5.74) is 0. The molecule has 1 aromatic heterocycles. The molecular weight excluding hydrogens is 459 g/mol. The third-order valence-corrected chi connectivity index (χ3v) is 4.99. The van der Waals surface area contributed by atoms with E-state index in [1.54, 1.807) is 13.3 Å². The molecule has 2 unspecified atom stereocenters. The Morgan fingerprint density at radius 2 is 2.22 bits per heavy atom. The largest absolute Gasteiger partial charge is 0.468 e. The highest BCUT2D eigenvalue weighted by Crippen LogP contribution is 2.24. The van der Waals surface area contributed by atoms with Crippen LogP contribution in [0.1, 0.15) is 37.5 Å². The molecule has 2 atom stereocenters. The van der Waals surface area contributed by atoms with Crippen LogP contribution < -0.4 is 10.6 Å². The molecule has 2 aliphatic heterocycles. The summed E-state index contributed by atoms with van der Waals surface area (Å²) in [5, 5.41) is 6.81. The van der Waals surface area contributed by atoms with Crippen LogP contribution in [0.3, 0.4) is 0 Å². The molecule has 3 rings (SSSR count). The van der Waals surface area contributed by atoms with E-state index in [1.165, 1.54) is 12.8 Å². The highest BCUT2D eigenvalue weighted by Gasteiger charge is 2.25. The van der Waals surface area contributed by atoms with Crippen LogP contribution in [0.2, 0.25) is 0 Å². The predicted molar refractivity (Wildman–Crippen MR) is 117 cm³/mol. The molecule has 0 saturated carbocycles. The van der Waals surface area contributed by atoms with Crippen LogP contribution in [0.5, 0.6) is 0 Å². The molecule has 154 valence electrons. The Labute approximate surface area is 179 Å². The fourth-order valence-corrected chi connectivity index (χ4v) is 3.53. The zero-order chi connectivity index (χ0) is 18.0. The number of aliphatic imine (C=N–C) groups is 1. The van der Waals surface area contributed by atoms with E-state index in [0.29, 0.717) is 0 Å². The summed E-state index contributed by atoms with van der Waals surface area (Å²) in [4.78, 5) is 6.81. The normalized spacial score (nSPS) is 21.8. The van der Waals surface area contributed by atoms with E-state index in [0.717, 1.165) is 70.6 Å². The fraction of sp³-hybridized carbons (Fsp3) is 0.737. The Kier molecular flexibility index (Phi) is 10.5. The van der Waals surface area contributed by atoms with Crippen molar-refractivity contribution in [3.05, 3.63) is 24.2 Å². The van der Waals surface area contributed by atoms with E-state index >= 15 is 0 Å². The van der Waals surface area contributed by atoms with Gasteiger partial charge in [0.25, 0.3) is 0 Å². The topological polar surface area (TPSA) is 71.3 Å². The Morgan fingerprint density at radius 3 is 2.89 bits per heavy atom. The Balaban J connectivity index is 0.00000261. The van der Waals surface area contributed by atoms with Crippen LogP contribution >= 0.6 is 24.0 Å². The maximum Gasteiger partial charge on any atom is 0.191 e. The minimum absolute atomic E-state index is 0. The molecule has 0 amide bonds. The van der Waals surface area contributed by atoms with Crippen LogP contribution in [0.15, 0.2) is 27.8 Å². The quantitative estimate of drug-likeness (QED) is 0.239. The number of nitrogens with one attached hydrogen (secondary N) is 2. The summed E-state index contributed by atoms with van der Waals surface area (Å²) >= 11 is 0. The van der Waals surface area contributed by atoms with E-state index in [9.17, 15) is 0 Å². The first-order valence-electron chi connectivity index (χ1n) is 9.78.